The predicted octanol–water partition coefficient (Wildman–Crippen LogP) is 1.82. The smallest absolute Gasteiger partial charge is 0.255 e. The van der Waals surface area contributed by atoms with E-state index in [9.17, 15) is 13.2 Å². The van der Waals surface area contributed by atoms with Crippen LogP contribution in [0.5, 0.6) is 5.75 Å². The highest BCUT2D eigenvalue weighted by Crippen LogP contribution is 2.25. The third kappa shape index (κ3) is 4.14. The fourth-order valence-corrected chi connectivity index (χ4v) is 4.30. The van der Waals surface area contributed by atoms with Crippen molar-refractivity contribution in [2.75, 3.05) is 35.1 Å². The lowest BCUT2D eigenvalue weighted by molar-refractivity contribution is 0.102. The summed E-state index contributed by atoms with van der Waals surface area (Å²) in [6.45, 7) is 1.30. The normalized spacial score (nSPS) is 15.7. The van der Waals surface area contributed by atoms with Gasteiger partial charge in [-0.05, 0) is 48.9 Å². The molecule has 8 heteroatoms. The van der Waals surface area contributed by atoms with Crippen molar-refractivity contribution < 1.29 is 17.9 Å². The summed E-state index contributed by atoms with van der Waals surface area (Å²) < 4.78 is 30.8. The van der Waals surface area contributed by atoms with Gasteiger partial charge in [0, 0.05) is 24.3 Å². The van der Waals surface area contributed by atoms with E-state index in [2.05, 4.69) is 5.32 Å². The van der Waals surface area contributed by atoms with Crippen LogP contribution in [0.25, 0.3) is 0 Å². The van der Waals surface area contributed by atoms with E-state index in [1.807, 2.05) is 0 Å². The largest absolute Gasteiger partial charge is 0.492 e. The van der Waals surface area contributed by atoms with Crippen LogP contribution in [0.1, 0.15) is 16.8 Å². The summed E-state index contributed by atoms with van der Waals surface area (Å²) in [5, 5.41) is 2.79. The highest BCUT2D eigenvalue weighted by Gasteiger charge is 2.28. The monoisotopic (exact) mass is 375 g/mol. The lowest BCUT2D eigenvalue weighted by Gasteiger charge is -2.17. The molecule has 0 spiro atoms. The van der Waals surface area contributed by atoms with Gasteiger partial charge in [0.1, 0.15) is 12.4 Å². The second kappa shape index (κ2) is 7.76. The topological polar surface area (TPSA) is 102 Å². The molecule has 0 atom stereocenters. The Hall–Kier alpha value is -2.58. The molecule has 0 bridgehead atoms. The van der Waals surface area contributed by atoms with Gasteiger partial charge in [-0.15, -0.1) is 0 Å². The highest BCUT2D eigenvalue weighted by molar-refractivity contribution is 7.93. The van der Waals surface area contributed by atoms with Crippen LogP contribution < -0.4 is 20.1 Å². The average Bonchev–Trinajstić information content (AvgIpc) is 3.00. The maximum absolute atomic E-state index is 12.5. The lowest BCUT2D eigenvalue weighted by Crippen LogP contribution is -2.25. The molecule has 1 heterocycles. The molecule has 2 aromatic rings. The third-order valence-electron chi connectivity index (χ3n) is 3.99. The molecule has 1 saturated heterocycles. The Bertz CT molecular complexity index is 882. The number of hydrogen-bond donors (Lipinski definition) is 2. The van der Waals surface area contributed by atoms with Gasteiger partial charge in [-0.3, -0.25) is 9.10 Å². The quantitative estimate of drug-likeness (QED) is 0.802. The Morgan fingerprint density at radius 2 is 1.96 bits per heavy atom. The Kier molecular flexibility index (Phi) is 5.43. The van der Waals surface area contributed by atoms with Crippen LogP contribution in [0.3, 0.4) is 0 Å². The van der Waals surface area contributed by atoms with Crippen LogP contribution >= 0.6 is 0 Å². The van der Waals surface area contributed by atoms with Crippen molar-refractivity contribution in [3.8, 4) is 5.75 Å². The van der Waals surface area contributed by atoms with Crippen LogP contribution in [0.4, 0.5) is 11.4 Å². The van der Waals surface area contributed by atoms with E-state index < -0.39 is 10.0 Å². The molecule has 0 saturated carbocycles. The molecule has 26 heavy (non-hydrogen) atoms. The first-order valence-electron chi connectivity index (χ1n) is 8.34. The minimum Gasteiger partial charge on any atom is -0.492 e. The molecular formula is C18H21N3O4S. The third-order valence-corrected chi connectivity index (χ3v) is 5.86. The predicted molar refractivity (Wildman–Crippen MR) is 101 cm³/mol. The fraction of sp³-hybridized carbons (Fsp3) is 0.278. The molecule has 0 unspecified atom stereocenters. The lowest BCUT2D eigenvalue weighted by atomic mass is 10.1. The van der Waals surface area contributed by atoms with E-state index in [-0.39, 0.29) is 11.7 Å². The first kappa shape index (κ1) is 18.2. The molecule has 1 aliphatic heterocycles. The molecule has 1 fully saturated rings. The zero-order valence-electron chi connectivity index (χ0n) is 14.2. The molecule has 138 valence electrons. The number of carbonyl (C=O) groups excluding carboxylic acids is 1. The minimum absolute atomic E-state index is 0.141. The molecule has 0 aliphatic carbocycles. The summed E-state index contributed by atoms with van der Waals surface area (Å²) in [7, 11) is -3.28. The van der Waals surface area contributed by atoms with Crippen molar-refractivity contribution in [3.63, 3.8) is 0 Å². The van der Waals surface area contributed by atoms with E-state index in [0.29, 0.717) is 48.8 Å². The highest BCUT2D eigenvalue weighted by atomic mass is 32.2. The number of benzene rings is 2. The molecule has 0 aromatic heterocycles. The van der Waals surface area contributed by atoms with Crippen molar-refractivity contribution >= 4 is 27.3 Å². The fourth-order valence-electron chi connectivity index (χ4n) is 2.75. The van der Waals surface area contributed by atoms with Crippen molar-refractivity contribution in [1.29, 1.82) is 0 Å². The second-order valence-electron chi connectivity index (χ2n) is 5.91. The first-order chi connectivity index (χ1) is 12.5. The number of nitrogens with two attached hydrogens (primary N) is 1. The van der Waals surface area contributed by atoms with Gasteiger partial charge in [0.2, 0.25) is 10.0 Å². The van der Waals surface area contributed by atoms with Crippen molar-refractivity contribution in [3.05, 3.63) is 54.1 Å². The Balaban J connectivity index is 1.71. The van der Waals surface area contributed by atoms with Gasteiger partial charge in [-0.25, -0.2) is 8.42 Å². The SMILES string of the molecule is NCCOc1ccc(NC(=O)c2cccc(N3CCCS3(=O)=O)c2)cc1. The summed E-state index contributed by atoms with van der Waals surface area (Å²) in [6.07, 6.45) is 0.595. The van der Waals surface area contributed by atoms with Crippen molar-refractivity contribution in [2.24, 2.45) is 5.73 Å². The van der Waals surface area contributed by atoms with E-state index in [0.717, 1.165) is 0 Å². The number of sulfonamides is 1. The van der Waals surface area contributed by atoms with E-state index in [1.54, 1.807) is 48.5 Å². The molecule has 1 aliphatic rings. The van der Waals surface area contributed by atoms with Crippen LogP contribution in [0.2, 0.25) is 0 Å². The zero-order chi connectivity index (χ0) is 18.6. The van der Waals surface area contributed by atoms with Gasteiger partial charge < -0.3 is 15.8 Å². The molecule has 0 radical (unpaired) electrons. The van der Waals surface area contributed by atoms with Crippen molar-refractivity contribution in [2.45, 2.75) is 6.42 Å². The van der Waals surface area contributed by atoms with E-state index in [4.69, 9.17) is 10.5 Å². The standard InChI is InChI=1S/C18H21N3O4S/c19-9-11-25-17-7-5-15(6-8-17)20-18(22)14-3-1-4-16(13-14)21-10-2-12-26(21,23)24/h1,3-8,13H,2,9-12,19H2,(H,20,22). The van der Waals surface area contributed by atoms with E-state index in [1.165, 1.54) is 4.31 Å². The molecule has 7 nitrogen and oxygen atoms in total. The summed E-state index contributed by atoms with van der Waals surface area (Å²) >= 11 is 0. The summed E-state index contributed by atoms with van der Waals surface area (Å²) in [4.78, 5) is 12.5. The van der Waals surface area contributed by atoms with Crippen LogP contribution in [0, 0.1) is 0 Å². The Morgan fingerprint density at radius 1 is 1.19 bits per heavy atom. The number of amides is 1. The summed E-state index contributed by atoms with van der Waals surface area (Å²) in [5.74, 6) is 0.510. The van der Waals surface area contributed by atoms with Crippen LogP contribution in [-0.4, -0.2) is 39.8 Å². The van der Waals surface area contributed by atoms with Crippen molar-refractivity contribution in [1.82, 2.24) is 0 Å². The number of rotatable bonds is 6. The second-order valence-corrected chi connectivity index (χ2v) is 7.92. The van der Waals surface area contributed by atoms with Gasteiger partial charge in [-0.2, -0.15) is 0 Å². The van der Waals surface area contributed by atoms with Gasteiger partial charge in [0.25, 0.3) is 5.91 Å². The maximum atomic E-state index is 12.5. The Labute approximate surface area is 152 Å². The molecule has 2 aromatic carbocycles. The van der Waals surface area contributed by atoms with Gasteiger partial charge in [0.15, 0.2) is 0 Å². The van der Waals surface area contributed by atoms with Gasteiger partial charge in [-0.1, -0.05) is 6.07 Å². The first-order valence-corrected chi connectivity index (χ1v) is 9.95. The minimum atomic E-state index is -3.28. The maximum Gasteiger partial charge on any atom is 0.255 e. The number of carbonyl (C=O) groups is 1. The van der Waals surface area contributed by atoms with Crippen LogP contribution in [-0.2, 0) is 10.0 Å². The molecule has 3 rings (SSSR count). The molecule has 1 amide bonds. The average molecular weight is 375 g/mol. The number of ether oxygens (including phenoxy) is 1. The number of nitrogens with zero attached hydrogens (tertiary/aromatic N) is 1. The summed E-state index contributed by atoms with van der Waals surface area (Å²) in [6, 6.07) is 13.6. The number of nitrogens with one attached hydrogen (secondary N) is 1. The number of anilines is 2. The zero-order valence-corrected chi connectivity index (χ0v) is 15.0. The number of hydrogen-bond acceptors (Lipinski definition) is 5. The van der Waals surface area contributed by atoms with Gasteiger partial charge >= 0.3 is 0 Å². The summed E-state index contributed by atoms with van der Waals surface area (Å²) in [5.41, 5.74) is 6.92. The molecule has 3 N–H and O–H groups in total. The van der Waals surface area contributed by atoms with Gasteiger partial charge in [0.05, 0.1) is 11.4 Å². The Morgan fingerprint density at radius 3 is 2.62 bits per heavy atom. The van der Waals surface area contributed by atoms with Crippen LogP contribution in [0.15, 0.2) is 48.5 Å². The molecular weight excluding hydrogens is 354 g/mol. The van der Waals surface area contributed by atoms with E-state index >= 15 is 0 Å².